The molecule has 0 unspecified atom stereocenters. The van der Waals surface area contributed by atoms with Gasteiger partial charge < -0.3 is 0 Å². The Kier molecular flexibility index (Phi) is 3.93. The minimum atomic E-state index is 0.709. The van der Waals surface area contributed by atoms with Gasteiger partial charge in [-0.15, -0.1) is 0 Å². The van der Waals surface area contributed by atoms with Crippen LogP contribution in [0, 0.1) is 5.92 Å². The standard InChI is InChI=1S/C11H18N2/c1-9(2)6-10-4-3-5-11(7-10)8-13-12/h3-5,7,9,13H,6,8,12H2,1-2H3. The van der Waals surface area contributed by atoms with Crippen molar-refractivity contribution in [2.75, 3.05) is 0 Å². The van der Waals surface area contributed by atoms with E-state index in [0.29, 0.717) is 5.92 Å². The summed E-state index contributed by atoms with van der Waals surface area (Å²) >= 11 is 0. The third kappa shape index (κ3) is 3.57. The maximum atomic E-state index is 5.26. The first kappa shape index (κ1) is 10.2. The van der Waals surface area contributed by atoms with E-state index in [2.05, 4.69) is 43.5 Å². The average molecular weight is 178 g/mol. The molecule has 0 saturated heterocycles. The Labute approximate surface area is 80.1 Å². The van der Waals surface area contributed by atoms with Gasteiger partial charge in [0.1, 0.15) is 0 Å². The molecule has 1 rings (SSSR count). The first-order valence-electron chi connectivity index (χ1n) is 4.73. The Morgan fingerprint density at radius 2 is 2.00 bits per heavy atom. The summed E-state index contributed by atoms with van der Waals surface area (Å²) in [4.78, 5) is 0. The van der Waals surface area contributed by atoms with Crippen LogP contribution in [0.25, 0.3) is 0 Å². The molecule has 0 spiro atoms. The predicted molar refractivity (Wildman–Crippen MR) is 56.0 cm³/mol. The van der Waals surface area contributed by atoms with Crippen LogP contribution in [0.1, 0.15) is 25.0 Å². The second-order valence-electron chi connectivity index (χ2n) is 3.80. The maximum Gasteiger partial charge on any atom is 0.0348 e. The van der Waals surface area contributed by atoms with Crippen molar-refractivity contribution in [1.82, 2.24) is 5.43 Å². The van der Waals surface area contributed by atoms with Crippen LogP contribution >= 0.6 is 0 Å². The number of nitrogens with one attached hydrogen (secondary N) is 1. The molecule has 0 atom stereocenters. The summed E-state index contributed by atoms with van der Waals surface area (Å²) in [6, 6.07) is 8.55. The van der Waals surface area contributed by atoms with E-state index < -0.39 is 0 Å². The molecule has 0 aliphatic rings. The van der Waals surface area contributed by atoms with Crippen molar-refractivity contribution in [2.45, 2.75) is 26.8 Å². The van der Waals surface area contributed by atoms with Crippen molar-refractivity contribution in [3.8, 4) is 0 Å². The van der Waals surface area contributed by atoms with E-state index in [4.69, 9.17) is 5.84 Å². The zero-order chi connectivity index (χ0) is 9.68. The van der Waals surface area contributed by atoms with Crippen molar-refractivity contribution in [2.24, 2.45) is 11.8 Å². The van der Waals surface area contributed by atoms with Crippen molar-refractivity contribution in [3.63, 3.8) is 0 Å². The van der Waals surface area contributed by atoms with Gasteiger partial charge in [0, 0.05) is 6.54 Å². The van der Waals surface area contributed by atoms with Gasteiger partial charge >= 0.3 is 0 Å². The monoisotopic (exact) mass is 178 g/mol. The summed E-state index contributed by atoms with van der Waals surface area (Å²) in [6.07, 6.45) is 1.14. The van der Waals surface area contributed by atoms with Crippen molar-refractivity contribution in [1.29, 1.82) is 0 Å². The molecule has 0 fully saturated rings. The highest BCUT2D eigenvalue weighted by atomic mass is 15.2. The highest BCUT2D eigenvalue weighted by Gasteiger charge is 1.98. The van der Waals surface area contributed by atoms with Crippen LogP contribution in [0.2, 0.25) is 0 Å². The normalized spacial score (nSPS) is 10.8. The van der Waals surface area contributed by atoms with E-state index in [1.807, 2.05) is 0 Å². The van der Waals surface area contributed by atoms with Crippen LogP contribution in [0.15, 0.2) is 24.3 Å². The number of hydrogen-bond acceptors (Lipinski definition) is 2. The highest BCUT2D eigenvalue weighted by molar-refractivity contribution is 5.23. The highest BCUT2D eigenvalue weighted by Crippen LogP contribution is 2.10. The van der Waals surface area contributed by atoms with E-state index in [-0.39, 0.29) is 0 Å². The topological polar surface area (TPSA) is 38.0 Å². The summed E-state index contributed by atoms with van der Waals surface area (Å²) in [5.74, 6) is 5.97. The lowest BCUT2D eigenvalue weighted by molar-refractivity contribution is 0.645. The number of hydrazine groups is 1. The van der Waals surface area contributed by atoms with Crippen LogP contribution in [0.5, 0.6) is 0 Å². The van der Waals surface area contributed by atoms with Crippen LogP contribution in [0.3, 0.4) is 0 Å². The van der Waals surface area contributed by atoms with E-state index in [1.165, 1.54) is 11.1 Å². The second-order valence-corrected chi connectivity index (χ2v) is 3.80. The quantitative estimate of drug-likeness (QED) is 0.545. The van der Waals surface area contributed by atoms with Gasteiger partial charge in [-0.3, -0.25) is 11.3 Å². The molecule has 1 aromatic rings. The smallest absolute Gasteiger partial charge is 0.0348 e. The summed E-state index contributed by atoms with van der Waals surface area (Å²) in [5, 5.41) is 0. The van der Waals surface area contributed by atoms with Gasteiger partial charge in [-0.25, -0.2) is 0 Å². The molecule has 13 heavy (non-hydrogen) atoms. The van der Waals surface area contributed by atoms with Gasteiger partial charge in [0.25, 0.3) is 0 Å². The van der Waals surface area contributed by atoms with Gasteiger partial charge in [0.05, 0.1) is 0 Å². The largest absolute Gasteiger partial charge is 0.271 e. The molecule has 0 radical (unpaired) electrons. The van der Waals surface area contributed by atoms with Gasteiger partial charge in [-0.2, -0.15) is 0 Å². The molecular formula is C11H18N2. The maximum absolute atomic E-state index is 5.26. The fraction of sp³-hybridized carbons (Fsp3) is 0.455. The van der Waals surface area contributed by atoms with Gasteiger partial charge in [-0.05, 0) is 23.5 Å². The number of nitrogens with two attached hydrogens (primary N) is 1. The summed E-state index contributed by atoms with van der Waals surface area (Å²) < 4.78 is 0. The summed E-state index contributed by atoms with van der Waals surface area (Å²) in [6.45, 7) is 5.20. The lowest BCUT2D eigenvalue weighted by Crippen LogP contribution is -2.20. The van der Waals surface area contributed by atoms with Crippen LogP contribution in [-0.2, 0) is 13.0 Å². The van der Waals surface area contributed by atoms with Crippen molar-refractivity contribution >= 4 is 0 Å². The van der Waals surface area contributed by atoms with Crippen molar-refractivity contribution < 1.29 is 0 Å². The Hall–Kier alpha value is -0.860. The molecule has 0 saturated carbocycles. The lowest BCUT2D eigenvalue weighted by Gasteiger charge is -2.06. The molecule has 0 aliphatic carbocycles. The van der Waals surface area contributed by atoms with E-state index >= 15 is 0 Å². The minimum absolute atomic E-state index is 0.709. The first-order chi connectivity index (χ1) is 6.22. The molecule has 2 heteroatoms. The van der Waals surface area contributed by atoms with Crippen LogP contribution in [-0.4, -0.2) is 0 Å². The molecule has 2 nitrogen and oxygen atoms in total. The van der Waals surface area contributed by atoms with Gasteiger partial charge in [-0.1, -0.05) is 38.1 Å². The molecule has 3 N–H and O–H groups in total. The fourth-order valence-electron chi connectivity index (χ4n) is 1.46. The van der Waals surface area contributed by atoms with E-state index in [0.717, 1.165) is 13.0 Å². The summed E-state index contributed by atoms with van der Waals surface area (Å²) in [5.41, 5.74) is 5.31. The zero-order valence-corrected chi connectivity index (χ0v) is 8.38. The minimum Gasteiger partial charge on any atom is -0.271 e. The third-order valence-electron chi connectivity index (χ3n) is 1.94. The van der Waals surface area contributed by atoms with E-state index in [1.54, 1.807) is 0 Å². The first-order valence-corrected chi connectivity index (χ1v) is 4.73. The predicted octanol–water partition coefficient (Wildman–Crippen LogP) is 1.85. The Bertz CT molecular complexity index is 256. The molecule has 1 aromatic carbocycles. The van der Waals surface area contributed by atoms with Crippen LogP contribution in [0.4, 0.5) is 0 Å². The molecule has 0 bridgehead atoms. The molecule has 0 aromatic heterocycles. The Morgan fingerprint density at radius 3 is 2.62 bits per heavy atom. The number of rotatable bonds is 4. The molecule has 0 amide bonds. The van der Waals surface area contributed by atoms with Crippen LogP contribution < -0.4 is 11.3 Å². The molecule has 72 valence electrons. The fourth-order valence-corrected chi connectivity index (χ4v) is 1.46. The number of benzene rings is 1. The summed E-state index contributed by atoms with van der Waals surface area (Å²) in [7, 11) is 0. The number of hydrogen-bond donors (Lipinski definition) is 2. The Morgan fingerprint density at radius 1 is 1.31 bits per heavy atom. The SMILES string of the molecule is CC(C)Cc1cccc(CNN)c1. The van der Waals surface area contributed by atoms with Gasteiger partial charge in [0.15, 0.2) is 0 Å². The second kappa shape index (κ2) is 5.00. The molecule has 0 aliphatic heterocycles. The van der Waals surface area contributed by atoms with Gasteiger partial charge in [0.2, 0.25) is 0 Å². The average Bonchev–Trinajstić information content (AvgIpc) is 2.04. The molecule has 0 heterocycles. The van der Waals surface area contributed by atoms with E-state index in [9.17, 15) is 0 Å². The molecular weight excluding hydrogens is 160 g/mol. The third-order valence-corrected chi connectivity index (χ3v) is 1.94. The zero-order valence-electron chi connectivity index (χ0n) is 8.38. The van der Waals surface area contributed by atoms with Crippen molar-refractivity contribution in [3.05, 3.63) is 35.4 Å². The Balaban J connectivity index is 2.67. The lowest BCUT2D eigenvalue weighted by atomic mass is 10.0.